The number of hydrogen-bond acceptors (Lipinski definition) is 4. The fraction of sp³-hybridized carbons (Fsp3) is 0.417. The van der Waals surface area contributed by atoms with E-state index >= 15 is 0 Å². The highest BCUT2D eigenvalue weighted by molar-refractivity contribution is 5.86. The smallest absolute Gasteiger partial charge is 0.119 e. The Balaban J connectivity index is 1.35. The second-order valence-electron chi connectivity index (χ2n) is 8.48. The molecule has 3 N–H and O–H groups in total. The summed E-state index contributed by atoms with van der Waals surface area (Å²) in [4.78, 5) is 6.11. The van der Waals surface area contributed by atoms with Crippen LogP contribution in [0.3, 0.4) is 0 Å². The molecule has 2 aliphatic heterocycles. The number of β-amino-alcohol motifs (C(OH)–C–C–N with tert-alkyl or cyclic N) is 1. The molecule has 0 saturated carbocycles. The number of aliphatic hydroxyl groups excluding tert-OH is 1. The summed E-state index contributed by atoms with van der Waals surface area (Å²) < 4.78 is 5.44. The lowest BCUT2D eigenvalue weighted by Crippen LogP contribution is -2.49. The number of methoxy groups -OCH3 is 1. The predicted octanol–water partition coefficient (Wildman–Crippen LogP) is 2.83. The van der Waals surface area contributed by atoms with Gasteiger partial charge in [-0.05, 0) is 48.6 Å². The van der Waals surface area contributed by atoms with Gasteiger partial charge in [0.1, 0.15) is 5.75 Å². The quantitative estimate of drug-likeness (QED) is 0.626. The first-order valence-corrected chi connectivity index (χ1v) is 10.6. The van der Waals surface area contributed by atoms with Crippen molar-refractivity contribution in [3.05, 3.63) is 65.4 Å². The average molecular weight is 392 g/mol. The summed E-state index contributed by atoms with van der Waals surface area (Å²) in [6, 6.07) is 16.5. The van der Waals surface area contributed by atoms with Crippen LogP contribution in [0, 0.1) is 0 Å². The average Bonchev–Trinajstić information content (AvgIpc) is 3.31. The zero-order chi connectivity index (χ0) is 19.8. The van der Waals surface area contributed by atoms with Crippen molar-refractivity contribution in [3.63, 3.8) is 0 Å². The Morgan fingerprint density at radius 3 is 2.90 bits per heavy atom. The van der Waals surface area contributed by atoms with Gasteiger partial charge in [0.15, 0.2) is 0 Å². The molecule has 1 spiro atoms. The van der Waals surface area contributed by atoms with E-state index in [2.05, 4.69) is 39.5 Å². The van der Waals surface area contributed by atoms with Crippen molar-refractivity contribution in [2.75, 3.05) is 33.3 Å². The van der Waals surface area contributed by atoms with Crippen molar-refractivity contribution in [2.45, 2.75) is 30.9 Å². The van der Waals surface area contributed by atoms with E-state index in [4.69, 9.17) is 4.74 Å². The van der Waals surface area contributed by atoms with Gasteiger partial charge in [0, 0.05) is 42.8 Å². The number of likely N-dealkylation sites (tertiary alicyclic amines) is 1. The third-order valence-electron chi connectivity index (χ3n) is 6.56. The van der Waals surface area contributed by atoms with Crippen LogP contribution in [-0.2, 0) is 18.4 Å². The molecule has 0 radical (unpaired) electrons. The molecule has 0 amide bonds. The molecule has 2 aliphatic rings. The van der Waals surface area contributed by atoms with E-state index in [0.29, 0.717) is 13.0 Å². The maximum Gasteiger partial charge on any atom is 0.119 e. The fourth-order valence-electron chi connectivity index (χ4n) is 5.18. The Hall–Kier alpha value is -2.34. The zero-order valence-electron chi connectivity index (χ0n) is 16.9. The molecular weight excluding hydrogens is 362 g/mol. The van der Waals surface area contributed by atoms with Crippen LogP contribution >= 0.6 is 0 Å². The van der Waals surface area contributed by atoms with Gasteiger partial charge in [0.2, 0.25) is 0 Å². The van der Waals surface area contributed by atoms with E-state index in [1.165, 1.54) is 27.7 Å². The van der Waals surface area contributed by atoms with Crippen LogP contribution in [0.5, 0.6) is 5.75 Å². The van der Waals surface area contributed by atoms with Crippen LogP contribution in [0.25, 0.3) is 10.9 Å². The lowest BCUT2D eigenvalue weighted by Gasteiger charge is -2.35. The predicted molar refractivity (Wildman–Crippen MR) is 115 cm³/mol. The van der Waals surface area contributed by atoms with Gasteiger partial charge in [-0.3, -0.25) is 4.90 Å². The number of benzene rings is 2. The van der Waals surface area contributed by atoms with Gasteiger partial charge in [-0.1, -0.05) is 30.3 Å². The molecule has 0 aliphatic carbocycles. The number of aromatic nitrogens is 1. The lowest BCUT2D eigenvalue weighted by molar-refractivity contribution is 0.119. The van der Waals surface area contributed by atoms with E-state index < -0.39 is 0 Å². The van der Waals surface area contributed by atoms with Gasteiger partial charge in [-0.15, -0.1) is 0 Å². The molecule has 3 aromatic rings. The number of nitrogens with zero attached hydrogens (tertiary/aromatic N) is 1. The Bertz CT molecular complexity index is 1000. The van der Waals surface area contributed by atoms with Gasteiger partial charge in [0.05, 0.1) is 18.8 Å². The summed E-state index contributed by atoms with van der Waals surface area (Å²) in [5.41, 5.74) is 5.07. The van der Waals surface area contributed by atoms with Crippen molar-refractivity contribution in [1.82, 2.24) is 15.2 Å². The molecule has 5 nitrogen and oxygen atoms in total. The van der Waals surface area contributed by atoms with Crippen LogP contribution in [0.2, 0.25) is 0 Å². The number of ether oxygens (including phenoxy) is 1. The molecule has 5 heteroatoms. The maximum atomic E-state index is 10.6. The summed E-state index contributed by atoms with van der Waals surface area (Å²) >= 11 is 0. The van der Waals surface area contributed by atoms with Gasteiger partial charge in [0.25, 0.3) is 0 Å². The molecule has 29 heavy (non-hydrogen) atoms. The van der Waals surface area contributed by atoms with Gasteiger partial charge in [-0.25, -0.2) is 0 Å². The van der Waals surface area contributed by atoms with Crippen LogP contribution in [0.4, 0.5) is 0 Å². The van der Waals surface area contributed by atoms with Gasteiger partial charge in [-0.2, -0.15) is 0 Å². The maximum absolute atomic E-state index is 10.6. The summed E-state index contributed by atoms with van der Waals surface area (Å²) in [7, 11) is 1.72. The normalized spacial score (nSPS) is 22.8. The minimum absolute atomic E-state index is 0.0493. The Morgan fingerprint density at radius 2 is 2.07 bits per heavy atom. The highest BCUT2D eigenvalue weighted by Crippen LogP contribution is 2.40. The summed E-state index contributed by atoms with van der Waals surface area (Å²) in [6.45, 7) is 3.62. The Morgan fingerprint density at radius 1 is 1.21 bits per heavy atom. The lowest BCUT2D eigenvalue weighted by atomic mass is 9.86. The van der Waals surface area contributed by atoms with Gasteiger partial charge < -0.3 is 20.1 Å². The third-order valence-corrected chi connectivity index (χ3v) is 6.56. The molecule has 2 aromatic carbocycles. The summed E-state index contributed by atoms with van der Waals surface area (Å²) in [5.74, 6) is 0.906. The first-order valence-electron chi connectivity index (χ1n) is 10.6. The number of hydrogen-bond donors (Lipinski definition) is 3. The van der Waals surface area contributed by atoms with Crippen LogP contribution in [0.1, 0.15) is 23.2 Å². The monoisotopic (exact) mass is 391 g/mol. The van der Waals surface area contributed by atoms with Crippen molar-refractivity contribution in [3.8, 4) is 5.75 Å². The SMILES string of the molecule is COc1ccc2[nH]c3c(c2c1)CCNC31CCN(CC(O)Cc2ccccc2)C1. The van der Waals surface area contributed by atoms with Crippen LogP contribution < -0.4 is 10.1 Å². The Kier molecular flexibility index (Phi) is 4.82. The fourth-order valence-corrected chi connectivity index (χ4v) is 5.18. The van der Waals surface area contributed by atoms with Crippen molar-refractivity contribution < 1.29 is 9.84 Å². The highest BCUT2D eigenvalue weighted by Gasteiger charge is 2.44. The molecule has 5 rings (SSSR count). The van der Waals surface area contributed by atoms with E-state index in [1.807, 2.05) is 24.3 Å². The van der Waals surface area contributed by atoms with Crippen molar-refractivity contribution in [1.29, 1.82) is 0 Å². The number of H-pyrrole nitrogens is 1. The van der Waals surface area contributed by atoms with Gasteiger partial charge >= 0.3 is 0 Å². The molecule has 1 saturated heterocycles. The number of fused-ring (bicyclic) bond motifs is 4. The second kappa shape index (κ2) is 7.48. The minimum atomic E-state index is -0.345. The van der Waals surface area contributed by atoms with E-state index in [0.717, 1.165) is 38.2 Å². The largest absolute Gasteiger partial charge is 0.497 e. The third kappa shape index (κ3) is 3.44. The number of rotatable bonds is 5. The molecule has 1 aromatic heterocycles. The second-order valence-corrected chi connectivity index (χ2v) is 8.48. The topological polar surface area (TPSA) is 60.5 Å². The molecule has 2 unspecified atom stereocenters. The standard InChI is InChI=1S/C24H29N3O2/c1-29-19-7-8-22-21(14-19)20-9-11-25-24(23(20)26-22)10-12-27(16-24)15-18(28)13-17-5-3-2-4-6-17/h2-8,14,18,25-26,28H,9-13,15-16H2,1H3. The number of aromatic amines is 1. The first kappa shape index (κ1) is 18.7. The molecular formula is C24H29N3O2. The zero-order valence-corrected chi connectivity index (χ0v) is 16.9. The molecule has 152 valence electrons. The number of aliphatic hydroxyl groups is 1. The summed E-state index contributed by atoms with van der Waals surface area (Å²) in [5, 5.41) is 15.7. The first-order chi connectivity index (χ1) is 14.2. The van der Waals surface area contributed by atoms with E-state index in [9.17, 15) is 5.11 Å². The molecule has 1 fully saturated rings. The van der Waals surface area contributed by atoms with Crippen LogP contribution in [0.15, 0.2) is 48.5 Å². The highest BCUT2D eigenvalue weighted by atomic mass is 16.5. The van der Waals surface area contributed by atoms with Crippen LogP contribution in [-0.4, -0.2) is 54.4 Å². The van der Waals surface area contributed by atoms with E-state index in [-0.39, 0.29) is 11.6 Å². The Labute approximate surface area is 171 Å². The van der Waals surface area contributed by atoms with E-state index in [1.54, 1.807) is 7.11 Å². The molecule has 0 bridgehead atoms. The molecule has 2 atom stereocenters. The van der Waals surface area contributed by atoms with Crippen molar-refractivity contribution >= 4 is 10.9 Å². The van der Waals surface area contributed by atoms with Crippen molar-refractivity contribution in [2.24, 2.45) is 0 Å². The molecule has 3 heterocycles. The summed E-state index contributed by atoms with van der Waals surface area (Å²) in [6.07, 6.45) is 2.44. The number of nitrogens with one attached hydrogen (secondary N) is 2. The minimum Gasteiger partial charge on any atom is -0.497 e.